The third-order valence-corrected chi connectivity index (χ3v) is 5.84. The molecule has 3 aromatic rings. The first kappa shape index (κ1) is 21.6. The van der Waals surface area contributed by atoms with Crippen molar-refractivity contribution in [2.75, 3.05) is 4.90 Å². The Hall–Kier alpha value is -3.58. The molecule has 0 unspecified atom stereocenters. The van der Waals surface area contributed by atoms with Crippen molar-refractivity contribution < 1.29 is 14.0 Å². The van der Waals surface area contributed by atoms with E-state index in [1.807, 2.05) is 48.7 Å². The predicted molar refractivity (Wildman–Crippen MR) is 127 cm³/mol. The SMILES string of the molecule is CCc1ccc(N2C(=O)C(=Cc3cc(C)n(-c4ccc(F)cc4)c3C)C(=O)NC2=S)cc1. The molecule has 32 heavy (non-hydrogen) atoms. The van der Waals surface area contributed by atoms with Crippen LogP contribution in [0.4, 0.5) is 10.1 Å². The number of hydrogen-bond donors (Lipinski definition) is 1. The number of aromatic nitrogens is 1. The summed E-state index contributed by atoms with van der Waals surface area (Å²) in [6.45, 7) is 5.85. The molecule has 4 rings (SSSR count). The third-order valence-electron chi connectivity index (χ3n) is 5.56. The zero-order valence-electron chi connectivity index (χ0n) is 18.0. The van der Waals surface area contributed by atoms with E-state index in [2.05, 4.69) is 12.2 Å². The van der Waals surface area contributed by atoms with E-state index in [-0.39, 0.29) is 16.5 Å². The predicted octanol–water partition coefficient (Wildman–Crippen LogP) is 4.63. The largest absolute Gasteiger partial charge is 0.318 e. The molecule has 0 atom stereocenters. The minimum atomic E-state index is -0.534. The number of aryl methyl sites for hydroxylation is 2. The molecule has 1 aromatic heterocycles. The van der Waals surface area contributed by atoms with Crippen molar-refractivity contribution in [1.29, 1.82) is 0 Å². The Morgan fingerprint density at radius 2 is 1.62 bits per heavy atom. The minimum absolute atomic E-state index is 0.00229. The van der Waals surface area contributed by atoms with Crippen LogP contribution >= 0.6 is 12.2 Å². The van der Waals surface area contributed by atoms with Crippen LogP contribution in [-0.4, -0.2) is 21.5 Å². The van der Waals surface area contributed by atoms with Crippen molar-refractivity contribution in [3.05, 3.63) is 88.5 Å². The Balaban J connectivity index is 1.73. The molecule has 1 N–H and O–H groups in total. The maximum Gasteiger partial charge on any atom is 0.270 e. The normalized spacial score (nSPS) is 15.4. The number of hydrogen-bond acceptors (Lipinski definition) is 3. The lowest BCUT2D eigenvalue weighted by molar-refractivity contribution is -0.122. The van der Waals surface area contributed by atoms with Gasteiger partial charge in [0.2, 0.25) is 0 Å². The first-order valence-electron chi connectivity index (χ1n) is 10.3. The van der Waals surface area contributed by atoms with Crippen LogP contribution in [0, 0.1) is 19.7 Å². The van der Waals surface area contributed by atoms with Gasteiger partial charge in [0.1, 0.15) is 11.4 Å². The highest BCUT2D eigenvalue weighted by molar-refractivity contribution is 7.80. The van der Waals surface area contributed by atoms with Gasteiger partial charge in [-0.2, -0.15) is 0 Å². The van der Waals surface area contributed by atoms with E-state index in [0.717, 1.165) is 34.6 Å². The molecule has 1 fully saturated rings. The van der Waals surface area contributed by atoms with Crippen molar-refractivity contribution >= 4 is 40.9 Å². The summed E-state index contributed by atoms with van der Waals surface area (Å²) in [7, 11) is 0. The van der Waals surface area contributed by atoms with Gasteiger partial charge in [0.25, 0.3) is 11.8 Å². The van der Waals surface area contributed by atoms with E-state index >= 15 is 0 Å². The summed E-state index contributed by atoms with van der Waals surface area (Å²) in [6, 6.07) is 15.6. The molecule has 1 aliphatic heterocycles. The highest BCUT2D eigenvalue weighted by Crippen LogP contribution is 2.26. The van der Waals surface area contributed by atoms with Crippen molar-refractivity contribution in [2.24, 2.45) is 0 Å². The number of anilines is 1. The number of rotatable bonds is 4. The minimum Gasteiger partial charge on any atom is -0.318 e. The summed E-state index contributed by atoms with van der Waals surface area (Å²) < 4.78 is 15.3. The van der Waals surface area contributed by atoms with E-state index in [1.54, 1.807) is 18.2 Å². The lowest BCUT2D eigenvalue weighted by Crippen LogP contribution is -2.54. The zero-order chi connectivity index (χ0) is 23.0. The fourth-order valence-corrected chi connectivity index (χ4v) is 4.13. The first-order chi connectivity index (χ1) is 15.3. The Bertz CT molecular complexity index is 1260. The number of carbonyl (C=O) groups excluding carboxylic acids is 2. The molecule has 2 amide bonds. The summed E-state index contributed by atoms with van der Waals surface area (Å²) >= 11 is 5.28. The maximum absolute atomic E-state index is 13.3. The van der Waals surface area contributed by atoms with E-state index in [4.69, 9.17) is 12.2 Å². The van der Waals surface area contributed by atoms with E-state index in [1.165, 1.54) is 17.0 Å². The second-order valence-electron chi connectivity index (χ2n) is 7.62. The zero-order valence-corrected chi connectivity index (χ0v) is 18.8. The molecule has 1 aliphatic rings. The van der Waals surface area contributed by atoms with Gasteiger partial charge in [-0.3, -0.25) is 19.8 Å². The molecule has 2 aromatic carbocycles. The van der Waals surface area contributed by atoms with Gasteiger partial charge < -0.3 is 4.57 Å². The van der Waals surface area contributed by atoms with Crippen LogP contribution in [0.25, 0.3) is 11.8 Å². The second-order valence-corrected chi connectivity index (χ2v) is 8.00. The van der Waals surface area contributed by atoms with Crippen LogP contribution in [0.5, 0.6) is 0 Å². The van der Waals surface area contributed by atoms with Crippen LogP contribution in [-0.2, 0) is 16.0 Å². The average Bonchev–Trinajstić information content (AvgIpc) is 3.05. The summed E-state index contributed by atoms with van der Waals surface area (Å²) in [5.41, 5.74) is 4.97. The standard InChI is InChI=1S/C25H22FN3O2S/c1-4-17-5-9-21(10-6-17)29-24(31)22(23(30)27-25(29)32)14-18-13-15(2)28(16(18)3)20-11-7-19(26)8-12-20/h5-14H,4H2,1-3H3,(H,27,30,32). The monoisotopic (exact) mass is 447 g/mol. The van der Waals surface area contributed by atoms with Gasteiger partial charge in [0, 0.05) is 17.1 Å². The summed E-state index contributed by atoms with van der Waals surface area (Å²) in [5, 5.41) is 2.67. The van der Waals surface area contributed by atoms with Gasteiger partial charge in [-0.25, -0.2) is 4.39 Å². The molecule has 0 spiro atoms. The summed E-state index contributed by atoms with van der Waals surface area (Å²) in [5.74, 6) is -1.33. The van der Waals surface area contributed by atoms with Crippen LogP contribution in [0.2, 0.25) is 0 Å². The Morgan fingerprint density at radius 3 is 2.25 bits per heavy atom. The molecule has 7 heteroatoms. The van der Waals surface area contributed by atoms with Gasteiger partial charge in [-0.05, 0) is 92.2 Å². The number of thiocarbonyl (C=S) groups is 1. The molecular formula is C25H22FN3O2S. The third kappa shape index (κ3) is 3.87. The second kappa shape index (κ2) is 8.51. The Labute approximate surface area is 191 Å². The van der Waals surface area contributed by atoms with Crippen molar-refractivity contribution in [3.63, 3.8) is 0 Å². The quantitative estimate of drug-likeness (QED) is 0.361. The van der Waals surface area contributed by atoms with Crippen LogP contribution in [0.15, 0.2) is 60.2 Å². The molecule has 0 aliphatic carbocycles. The lowest BCUT2D eigenvalue weighted by Gasteiger charge is -2.29. The first-order valence-corrected chi connectivity index (χ1v) is 10.7. The van der Waals surface area contributed by atoms with Gasteiger partial charge in [0.15, 0.2) is 5.11 Å². The molecule has 0 saturated carbocycles. The van der Waals surface area contributed by atoms with E-state index in [0.29, 0.717) is 5.69 Å². The molecule has 0 radical (unpaired) electrons. The molecular weight excluding hydrogens is 425 g/mol. The van der Waals surface area contributed by atoms with Crippen molar-refractivity contribution in [2.45, 2.75) is 27.2 Å². The number of benzene rings is 2. The van der Waals surface area contributed by atoms with Gasteiger partial charge in [-0.1, -0.05) is 19.1 Å². The smallest absolute Gasteiger partial charge is 0.270 e. The topological polar surface area (TPSA) is 54.3 Å². The van der Waals surface area contributed by atoms with Crippen molar-refractivity contribution in [3.8, 4) is 5.69 Å². The van der Waals surface area contributed by atoms with Gasteiger partial charge in [-0.15, -0.1) is 0 Å². The number of amides is 2. The maximum atomic E-state index is 13.3. The molecule has 162 valence electrons. The van der Waals surface area contributed by atoms with Gasteiger partial charge >= 0.3 is 0 Å². The molecule has 0 bridgehead atoms. The van der Waals surface area contributed by atoms with Crippen LogP contribution < -0.4 is 10.2 Å². The number of halogens is 1. The highest BCUT2D eigenvalue weighted by atomic mass is 32.1. The lowest BCUT2D eigenvalue weighted by atomic mass is 10.1. The molecule has 1 saturated heterocycles. The summed E-state index contributed by atoms with van der Waals surface area (Å²) in [4.78, 5) is 27.3. The highest BCUT2D eigenvalue weighted by Gasteiger charge is 2.34. The Morgan fingerprint density at radius 1 is 1.00 bits per heavy atom. The Kier molecular flexibility index (Phi) is 5.76. The summed E-state index contributed by atoms with van der Waals surface area (Å²) in [6.07, 6.45) is 2.46. The molecule has 5 nitrogen and oxygen atoms in total. The number of carbonyl (C=O) groups is 2. The fraction of sp³-hybridized carbons (Fsp3) is 0.160. The number of nitrogens with one attached hydrogen (secondary N) is 1. The van der Waals surface area contributed by atoms with E-state index in [9.17, 15) is 14.0 Å². The number of nitrogens with zero attached hydrogens (tertiary/aromatic N) is 2. The van der Waals surface area contributed by atoms with Crippen molar-refractivity contribution in [1.82, 2.24) is 9.88 Å². The fourth-order valence-electron chi connectivity index (χ4n) is 3.85. The van der Waals surface area contributed by atoms with Crippen LogP contribution in [0.1, 0.15) is 29.4 Å². The molecule has 2 heterocycles. The van der Waals surface area contributed by atoms with E-state index < -0.39 is 11.8 Å². The van der Waals surface area contributed by atoms with Crippen LogP contribution in [0.3, 0.4) is 0 Å². The average molecular weight is 448 g/mol. The van der Waals surface area contributed by atoms with Gasteiger partial charge in [0.05, 0.1) is 5.69 Å².